The van der Waals surface area contributed by atoms with E-state index in [1.54, 1.807) is 12.3 Å². The topological polar surface area (TPSA) is 12.9 Å². The van der Waals surface area contributed by atoms with E-state index in [0.717, 1.165) is 11.6 Å². The Hall–Kier alpha value is -0.541. The van der Waals surface area contributed by atoms with Crippen molar-refractivity contribution in [2.24, 2.45) is 0 Å². The van der Waals surface area contributed by atoms with E-state index in [0.29, 0.717) is 11.3 Å². The van der Waals surface area contributed by atoms with Crippen LogP contribution in [0.4, 0.5) is 8.78 Å². The predicted octanol–water partition coefficient (Wildman–Crippen LogP) is 4.71. The molecule has 0 fully saturated rings. The summed E-state index contributed by atoms with van der Waals surface area (Å²) < 4.78 is 26.1. The monoisotopic (exact) mass is 468 g/mol. The molecule has 1 aromatic carbocycles. The first kappa shape index (κ1) is 15.5. The van der Waals surface area contributed by atoms with Crippen molar-refractivity contribution in [3.05, 3.63) is 53.7 Å². The first-order valence-corrected chi connectivity index (χ1v) is 10.7. The zero-order valence-electron chi connectivity index (χ0n) is 9.26. The SMILES string of the molecule is Cc1ccnc(-c2ccc(F)cc2F)c1.[Cl][Ir][Cl]. The van der Waals surface area contributed by atoms with Gasteiger partial charge in [0.15, 0.2) is 0 Å². The molecule has 0 aliphatic rings. The van der Waals surface area contributed by atoms with Gasteiger partial charge in [0, 0.05) is 17.8 Å². The van der Waals surface area contributed by atoms with Crippen LogP contribution in [0.2, 0.25) is 0 Å². The molecule has 2 rings (SSSR count). The molecule has 0 atom stereocenters. The number of benzene rings is 1. The molecule has 6 heteroatoms. The van der Waals surface area contributed by atoms with Crippen molar-refractivity contribution in [2.75, 3.05) is 0 Å². The number of nitrogens with zero attached hydrogens (tertiary/aromatic N) is 1. The Labute approximate surface area is 120 Å². The van der Waals surface area contributed by atoms with Crippen LogP contribution in [0.25, 0.3) is 11.3 Å². The van der Waals surface area contributed by atoms with Gasteiger partial charge in [-0.15, -0.1) is 0 Å². The van der Waals surface area contributed by atoms with E-state index in [-0.39, 0.29) is 0 Å². The van der Waals surface area contributed by atoms with Gasteiger partial charge < -0.3 is 0 Å². The van der Waals surface area contributed by atoms with Crippen molar-refractivity contribution in [3.63, 3.8) is 0 Å². The number of aryl methyl sites for hydroxylation is 1. The second-order valence-electron chi connectivity index (χ2n) is 3.39. The summed E-state index contributed by atoms with van der Waals surface area (Å²) in [6.07, 6.45) is 1.60. The fourth-order valence-electron chi connectivity index (χ4n) is 1.38. The summed E-state index contributed by atoms with van der Waals surface area (Å²) in [6.45, 7) is 1.90. The molecule has 0 bridgehead atoms. The van der Waals surface area contributed by atoms with Gasteiger partial charge in [-0.05, 0) is 36.8 Å². The molecule has 1 nitrogen and oxygen atoms in total. The van der Waals surface area contributed by atoms with Crippen molar-refractivity contribution in [2.45, 2.75) is 6.92 Å². The first-order valence-electron chi connectivity index (χ1n) is 4.80. The first-order chi connectivity index (χ1) is 8.58. The fourth-order valence-corrected chi connectivity index (χ4v) is 1.38. The molecule has 0 radical (unpaired) electrons. The molecule has 0 aliphatic heterocycles. The maximum absolute atomic E-state index is 13.4. The van der Waals surface area contributed by atoms with Gasteiger partial charge in [-0.3, -0.25) is 4.98 Å². The Morgan fingerprint density at radius 1 is 1.11 bits per heavy atom. The summed E-state index contributed by atoms with van der Waals surface area (Å²) in [6, 6.07) is 7.06. The molecule has 2 aromatic rings. The third-order valence-electron chi connectivity index (χ3n) is 2.12. The Morgan fingerprint density at radius 2 is 1.78 bits per heavy atom. The zero-order chi connectivity index (χ0) is 13.5. The van der Waals surface area contributed by atoms with Gasteiger partial charge in [-0.25, -0.2) is 8.78 Å². The van der Waals surface area contributed by atoms with Crippen LogP contribution in [0, 0.1) is 18.6 Å². The molecule has 0 aliphatic carbocycles. The van der Waals surface area contributed by atoms with E-state index < -0.39 is 27.3 Å². The van der Waals surface area contributed by atoms with Gasteiger partial charge in [0.2, 0.25) is 0 Å². The summed E-state index contributed by atoms with van der Waals surface area (Å²) in [5.41, 5.74) is 1.83. The van der Waals surface area contributed by atoms with E-state index in [1.165, 1.54) is 12.1 Å². The van der Waals surface area contributed by atoms with Crippen LogP contribution in [0.15, 0.2) is 36.5 Å². The average molecular weight is 468 g/mol. The van der Waals surface area contributed by atoms with E-state index in [1.807, 2.05) is 13.0 Å². The van der Waals surface area contributed by atoms with Crippen LogP contribution in [0.3, 0.4) is 0 Å². The minimum atomic E-state index is -0.590. The van der Waals surface area contributed by atoms with Crippen LogP contribution < -0.4 is 0 Å². The van der Waals surface area contributed by atoms with Crippen molar-refractivity contribution < 1.29 is 24.5 Å². The summed E-state index contributed by atoms with van der Waals surface area (Å²) >= 11 is -0.556. The number of pyridine rings is 1. The quantitative estimate of drug-likeness (QED) is 0.591. The van der Waals surface area contributed by atoms with Gasteiger partial charge in [0.1, 0.15) is 11.6 Å². The molecular weight excluding hydrogens is 459 g/mol. The molecular formula is C12H9Cl2F2IrN. The normalized spacial score (nSPS) is 9.83. The van der Waals surface area contributed by atoms with E-state index in [4.69, 9.17) is 19.2 Å². The molecule has 99 valence electrons. The molecule has 1 heterocycles. The Bertz CT molecular complexity index is 523. The van der Waals surface area contributed by atoms with E-state index in [9.17, 15) is 8.78 Å². The zero-order valence-corrected chi connectivity index (χ0v) is 13.2. The standard InChI is InChI=1S/C12H9F2N.2ClH.Ir/c1-8-4-5-15-12(6-8)10-3-2-9(13)7-11(10)14;;;/h2-7H,1H3;2*1H;/q;;;+2/p-2. The summed E-state index contributed by atoms with van der Waals surface area (Å²) in [5, 5.41) is 0. The van der Waals surface area contributed by atoms with Crippen LogP contribution >= 0.6 is 19.2 Å². The van der Waals surface area contributed by atoms with Crippen molar-refractivity contribution in [3.8, 4) is 11.3 Å². The number of halogens is 4. The maximum atomic E-state index is 13.4. The second kappa shape index (κ2) is 7.80. The van der Waals surface area contributed by atoms with E-state index in [2.05, 4.69) is 4.98 Å². The minimum absolute atomic E-state index is 0.320. The number of aromatic nitrogens is 1. The van der Waals surface area contributed by atoms with Crippen LogP contribution in [0.5, 0.6) is 0 Å². The predicted molar refractivity (Wildman–Crippen MR) is 66.0 cm³/mol. The van der Waals surface area contributed by atoms with Gasteiger partial charge in [-0.1, -0.05) is 0 Å². The summed E-state index contributed by atoms with van der Waals surface area (Å²) in [7, 11) is 9.78. The molecule has 1 aromatic heterocycles. The third-order valence-corrected chi connectivity index (χ3v) is 2.12. The van der Waals surface area contributed by atoms with E-state index >= 15 is 0 Å². The number of rotatable bonds is 1. The number of hydrogen-bond acceptors (Lipinski definition) is 1. The molecule has 0 amide bonds. The average Bonchev–Trinajstić information content (AvgIpc) is 2.29. The molecule has 0 N–H and O–H groups in total. The van der Waals surface area contributed by atoms with Crippen molar-refractivity contribution >= 4 is 19.2 Å². The van der Waals surface area contributed by atoms with Crippen LogP contribution in [-0.2, 0) is 15.7 Å². The fraction of sp³-hybridized carbons (Fsp3) is 0.0833. The number of hydrogen-bond donors (Lipinski definition) is 0. The van der Waals surface area contributed by atoms with Gasteiger partial charge in [0.25, 0.3) is 0 Å². The molecule has 0 saturated carbocycles. The molecule has 0 saturated heterocycles. The third kappa shape index (κ3) is 4.62. The Balaban J connectivity index is 0.000000492. The van der Waals surface area contributed by atoms with Gasteiger partial charge in [-0.2, -0.15) is 0 Å². The van der Waals surface area contributed by atoms with Crippen molar-refractivity contribution in [1.82, 2.24) is 4.98 Å². The van der Waals surface area contributed by atoms with Crippen molar-refractivity contribution in [1.29, 1.82) is 0 Å². The summed E-state index contributed by atoms with van der Waals surface area (Å²) in [5.74, 6) is -1.17. The Kier molecular flexibility index (Phi) is 6.72. The molecule has 0 unspecified atom stereocenters. The van der Waals surface area contributed by atoms with Gasteiger partial charge >= 0.3 is 34.8 Å². The van der Waals surface area contributed by atoms with Crippen LogP contribution in [0.1, 0.15) is 5.56 Å². The molecule has 18 heavy (non-hydrogen) atoms. The molecule has 0 spiro atoms. The second-order valence-corrected chi connectivity index (χ2v) is 6.85. The summed E-state index contributed by atoms with van der Waals surface area (Å²) in [4.78, 5) is 4.04. The Morgan fingerprint density at radius 3 is 2.33 bits per heavy atom. The van der Waals surface area contributed by atoms with Crippen LogP contribution in [-0.4, -0.2) is 4.98 Å². The van der Waals surface area contributed by atoms with Gasteiger partial charge in [0.05, 0.1) is 5.69 Å².